The molecule has 2 aromatic carbocycles. The van der Waals surface area contributed by atoms with E-state index in [-0.39, 0.29) is 11.6 Å². The lowest BCUT2D eigenvalue weighted by Gasteiger charge is -1.98. The van der Waals surface area contributed by atoms with Crippen LogP contribution in [0.3, 0.4) is 0 Å². The van der Waals surface area contributed by atoms with Crippen molar-refractivity contribution in [1.82, 2.24) is 4.98 Å². The predicted molar refractivity (Wildman–Crippen MR) is 98.4 cm³/mol. The Morgan fingerprint density at radius 3 is 2.52 bits per heavy atom. The molecule has 1 N–H and O–H groups in total. The van der Waals surface area contributed by atoms with Crippen molar-refractivity contribution in [2.24, 2.45) is 5.10 Å². The van der Waals surface area contributed by atoms with E-state index in [0.29, 0.717) is 5.89 Å². The second kappa shape index (κ2) is 7.45. The molecule has 0 fully saturated rings. The molecule has 0 saturated heterocycles. The van der Waals surface area contributed by atoms with Gasteiger partial charge in [0.25, 0.3) is 5.88 Å². The Morgan fingerprint density at radius 2 is 1.88 bits per heavy atom. The summed E-state index contributed by atoms with van der Waals surface area (Å²) >= 11 is 0. The summed E-state index contributed by atoms with van der Waals surface area (Å²) in [6.45, 7) is 4.12. The Kier molecular flexibility index (Phi) is 4.91. The molecule has 1 aromatic heterocycles. The Balaban J connectivity index is 1.76. The van der Waals surface area contributed by atoms with Gasteiger partial charge in [0.2, 0.25) is 11.6 Å². The fourth-order valence-corrected chi connectivity index (χ4v) is 2.30. The summed E-state index contributed by atoms with van der Waals surface area (Å²) in [5.41, 5.74) is 7.13. The second-order valence-electron chi connectivity index (χ2n) is 5.64. The van der Waals surface area contributed by atoms with Gasteiger partial charge in [0, 0.05) is 5.56 Å². The lowest BCUT2D eigenvalue weighted by Crippen LogP contribution is -1.91. The maximum atomic E-state index is 9.23. The van der Waals surface area contributed by atoms with Crippen molar-refractivity contribution in [3.63, 3.8) is 0 Å². The van der Waals surface area contributed by atoms with Crippen LogP contribution in [-0.4, -0.2) is 11.2 Å². The Bertz CT molecular complexity index is 916. The second-order valence-corrected chi connectivity index (χ2v) is 5.64. The molecule has 0 aliphatic carbocycles. The van der Waals surface area contributed by atoms with Crippen LogP contribution in [-0.2, 0) is 6.42 Å². The van der Waals surface area contributed by atoms with Gasteiger partial charge in [0.15, 0.2) is 0 Å². The third kappa shape index (κ3) is 3.93. The number of nitriles is 1. The van der Waals surface area contributed by atoms with E-state index in [1.807, 2.05) is 49.4 Å². The number of hydrazone groups is 1. The van der Waals surface area contributed by atoms with E-state index in [0.717, 1.165) is 23.1 Å². The van der Waals surface area contributed by atoms with Gasteiger partial charge in [-0.2, -0.15) is 15.3 Å². The van der Waals surface area contributed by atoms with Gasteiger partial charge in [-0.05, 0) is 36.6 Å². The number of hydrogen-bond acceptors (Lipinski definition) is 5. The normalized spacial score (nSPS) is 10.8. The van der Waals surface area contributed by atoms with Crippen molar-refractivity contribution in [1.29, 1.82) is 5.26 Å². The smallest absolute Gasteiger partial charge is 0.252 e. The number of aromatic nitrogens is 1. The molecule has 0 aliphatic heterocycles. The molecular formula is C20H18N4O. The maximum absolute atomic E-state index is 9.23. The van der Waals surface area contributed by atoms with Gasteiger partial charge in [-0.3, -0.25) is 0 Å². The highest BCUT2D eigenvalue weighted by Gasteiger charge is 2.13. The minimum atomic E-state index is 0.175. The monoisotopic (exact) mass is 330 g/mol. The summed E-state index contributed by atoms with van der Waals surface area (Å²) in [5.74, 6) is 0.626. The van der Waals surface area contributed by atoms with E-state index in [4.69, 9.17) is 4.42 Å². The highest BCUT2D eigenvalue weighted by atomic mass is 16.4. The fraction of sp³-hybridized carbons (Fsp3) is 0.150. The zero-order valence-electron chi connectivity index (χ0n) is 14.2. The number of anilines is 1. The number of aryl methyl sites for hydroxylation is 2. The zero-order valence-corrected chi connectivity index (χ0v) is 14.2. The first-order chi connectivity index (χ1) is 12.2. The van der Waals surface area contributed by atoms with Gasteiger partial charge < -0.3 is 4.42 Å². The Morgan fingerprint density at radius 1 is 1.16 bits per heavy atom. The third-order valence-corrected chi connectivity index (χ3v) is 3.80. The number of nitrogens with one attached hydrogen (secondary N) is 1. The van der Waals surface area contributed by atoms with Crippen LogP contribution in [0.25, 0.3) is 11.5 Å². The molecule has 3 aromatic rings. The standard InChI is InChI=1S/C20H18N4O/c1-3-15-6-8-16(9-7-15)13-22-24-20-18(12-21)23-19(25-20)17-10-4-14(2)5-11-17/h4-11,13,24H,3H2,1-2H3. The topological polar surface area (TPSA) is 74.2 Å². The van der Waals surface area contributed by atoms with E-state index >= 15 is 0 Å². The van der Waals surface area contributed by atoms with Crippen LogP contribution in [0.2, 0.25) is 0 Å². The van der Waals surface area contributed by atoms with Crippen LogP contribution < -0.4 is 5.43 Å². The SMILES string of the molecule is CCc1ccc(C=NNc2oc(-c3ccc(C)cc3)nc2C#N)cc1. The minimum Gasteiger partial charge on any atom is -0.417 e. The van der Waals surface area contributed by atoms with E-state index in [1.165, 1.54) is 5.56 Å². The number of nitrogens with zero attached hydrogens (tertiary/aromatic N) is 3. The van der Waals surface area contributed by atoms with Gasteiger partial charge in [-0.25, -0.2) is 5.43 Å². The van der Waals surface area contributed by atoms with Crippen molar-refractivity contribution in [2.45, 2.75) is 20.3 Å². The summed E-state index contributed by atoms with van der Waals surface area (Å²) in [4.78, 5) is 4.21. The van der Waals surface area contributed by atoms with E-state index in [2.05, 4.69) is 34.6 Å². The number of benzene rings is 2. The molecule has 3 rings (SSSR count). The predicted octanol–water partition coefficient (Wildman–Crippen LogP) is 4.53. The van der Waals surface area contributed by atoms with Gasteiger partial charge in [-0.15, -0.1) is 0 Å². The van der Waals surface area contributed by atoms with Gasteiger partial charge in [0.05, 0.1) is 6.21 Å². The van der Waals surface area contributed by atoms with Crippen molar-refractivity contribution >= 4 is 12.1 Å². The molecule has 0 amide bonds. The first-order valence-electron chi connectivity index (χ1n) is 8.05. The number of rotatable bonds is 5. The first-order valence-corrected chi connectivity index (χ1v) is 8.05. The molecule has 0 aliphatic rings. The first kappa shape index (κ1) is 16.5. The lowest BCUT2D eigenvalue weighted by molar-refractivity contribution is 0.587. The summed E-state index contributed by atoms with van der Waals surface area (Å²) in [6.07, 6.45) is 2.68. The van der Waals surface area contributed by atoms with Crippen LogP contribution in [0.15, 0.2) is 58.0 Å². The minimum absolute atomic E-state index is 0.175. The average molecular weight is 330 g/mol. The van der Waals surface area contributed by atoms with Crippen LogP contribution in [0.1, 0.15) is 29.3 Å². The number of hydrogen-bond donors (Lipinski definition) is 1. The molecular weight excluding hydrogens is 312 g/mol. The molecule has 0 unspecified atom stereocenters. The largest absolute Gasteiger partial charge is 0.417 e. The van der Waals surface area contributed by atoms with Gasteiger partial charge in [-0.1, -0.05) is 48.9 Å². The summed E-state index contributed by atoms with van der Waals surface area (Å²) in [5, 5.41) is 13.4. The van der Waals surface area contributed by atoms with Crippen molar-refractivity contribution in [3.8, 4) is 17.5 Å². The molecule has 0 bridgehead atoms. The van der Waals surface area contributed by atoms with Crippen molar-refractivity contribution in [2.75, 3.05) is 5.43 Å². The molecule has 124 valence electrons. The highest BCUT2D eigenvalue weighted by molar-refractivity contribution is 5.80. The molecule has 0 spiro atoms. The average Bonchev–Trinajstić information content (AvgIpc) is 3.06. The van der Waals surface area contributed by atoms with E-state index in [9.17, 15) is 5.26 Å². The van der Waals surface area contributed by atoms with E-state index in [1.54, 1.807) is 6.21 Å². The summed E-state index contributed by atoms with van der Waals surface area (Å²) in [7, 11) is 0. The lowest BCUT2D eigenvalue weighted by atomic mass is 10.1. The van der Waals surface area contributed by atoms with Crippen LogP contribution in [0.5, 0.6) is 0 Å². The molecule has 0 atom stereocenters. The van der Waals surface area contributed by atoms with Crippen molar-refractivity contribution in [3.05, 3.63) is 70.9 Å². The fourth-order valence-electron chi connectivity index (χ4n) is 2.30. The molecule has 1 heterocycles. The zero-order chi connectivity index (χ0) is 17.6. The van der Waals surface area contributed by atoms with Crippen LogP contribution in [0, 0.1) is 18.3 Å². The Hall–Kier alpha value is -3.39. The third-order valence-electron chi connectivity index (χ3n) is 3.80. The maximum Gasteiger partial charge on any atom is 0.252 e. The molecule has 0 radical (unpaired) electrons. The van der Waals surface area contributed by atoms with Gasteiger partial charge in [0.1, 0.15) is 6.07 Å². The van der Waals surface area contributed by atoms with Crippen molar-refractivity contribution < 1.29 is 4.42 Å². The van der Waals surface area contributed by atoms with E-state index < -0.39 is 0 Å². The summed E-state index contributed by atoms with van der Waals surface area (Å²) < 4.78 is 5.65. The molecule has 5 nitrogen and oxygen atoms in total. The molecule has 5 heteroatoms. The quantitative estimate of drug-likeness (QED) is 0.551. The van der Waals surface area contributed by atoms with Gasteiger partial charge >= 0.3 is 0 Å². The van der Waals surface area contributed by atoms with Crippen LogP contribution >= 0.6 is 0 Å². The summed E-state index contributed by atoms with van der Waals surface area (Å²) in [6, 6.07) is 17.9. The van der Waals surface area contributed by atoms with Crippen LogP contribution in [0.4, 0.5) is 5.88 Å². The Labute approximate surface area is 146 Å². The molecule has 25 heavy (non-hydrogen) atoms. The number of oxazole rings is 1. The highest BCUT2D eigenvalue weighted by Crippen LogP contribution is 2.25. The molecule has 0 saturated carbocycles.